The van der Waals surface area contributed by atoms with Crippen LogP contribution in [0.3, 0.4) is 0 Å². The molecule has 0 radical (unpaired) electrons. The Labute approximate surface area is 105 Å². The standard InChI is InChI=1S/C14H16FN3/c1-9-14(11-4-2-3-5-12(11)15)18-13(17-9)8-16-10-6-7-10/h2-5,10,16H,6-8H2,1H3,(H,17,18). The molecule has 0 atom stereocenters. The largest absolute Gasteiger partial charge is 0.344 e. The number of hydrogen-bond donors (Lipinski definition) is 2. The van der Waals surface area contributed by atoms with Crippen LogP contribution in [0.1, 0.15) is 24.4 Å². The molecule has 0 aliphatic heterocycles. The molecule has 1 aromatic heterocycles. The predicted molar refractivity (Wildman–Crippen MR) is 68.6 cm³/mol. The summed E-state index contributed by atoms with van der Waals surface area (Å²) in [4.78, 5) is 7.70. The van der Waals surface area contributed by atoms with E-state index in [0.717, 1.165) is 18.1 Å². The van der Waals surface area contributed by atoms with Gasteiger partial charge in [-0.05, 0) is 31.9 Å². The van der Waals surface area contributed by atoms with E-state index in [9.17, 15) is 4.39 Å². The number of imidazole rings is 1. The van der Waals surface area contributed by atoms with Gasteiger partial charge >= 0.3 is 0 Å². The number of nitrogens with one attached hydrogen (secondary N) is 2. The Morgan fingerprint density at radius 2 is 2.17 bits per heavy atom. The number of H-pyrrole nitrogens is 1. The van der Waals surface area contributed by atoms with Crippen molar-refractivity contribution in [3.05, 3.63) is 41.6 Å². The summed E-state index contributed by atoms with van der Waals surface area (Å²) in [6.45, 7) is 2.65. The van der Waals surface area contributed by atoms with E-state index >= 15 is 0 Å². The number of aryl methyl sites for hydroxylation is 1. The van der Waals surface area contributed by atoms with Crippen molar-refractivity contribution in [2.45, 2.75) is 32.4 Å². The summed E-state index contributed by atoms with van der Waals surface area (Å²) < 4.78 is 13.7. The molecule has 94 valence electrons. The van der Waals surface area contributed by atoms with Crippen molar-refractivity contribution < 1.29 is 4.39 Å². The van der Waals surface area contributed by atoms with Crippen molar-refractivity contribution >= 4 is 0 Å². The molecule has 2 N–H and O–H groups in total. The quantitative estimate of drug-likeness (QED) is 0.869. The summed E-state index contributed by atoms with van der Waals surface area (Å²) >= 11 is 0. The Morgan fingerprint density at radius 3 is 2.89 bits per heavy atom. The molecule has 1 aromatic carbocycles. The highest BCUT2D eigenvalue weighted by Crippen LogP contribution is 2.24. The van der Waals surface area contributed by atoms with Crippen molar-refractivity contribution in [2.24, 2.45) is 0 Å². The van der Waals surface area contributed by atoms with Crippen LogP contribution in [0.5, 0.6) is 0 Å². The van der Waals surface area contributed by atoms with Crippen LogP contribution in [0, 0.1) is 12.7 Å². The lowest BCUT2D eigenvalue weighted by atomic mass is 10.1. The first-order valence-electron chi connectivity index (χ1n) is 6.28. The highest BCUT2D eigenvalue weighted by molar-refractivity contribution is 5.62. The van der Waals surface area contributed by atoms with Gasteiger partial charge in [0.05, 0.1) is 12.2 Å². The number of nitrogens with zero attached hydrogens (tertiary/aromatic N) is 1. The Hall–Kier alpha value is -1.68. The predicted octanol–water partition coefficient (Wildman–Crippen LogP) is 2.78. The van der Waals surface area contributed by atoms with E-state index in [2.05, 4.69) is 15.3 Å². The summed E-state index contributed by atoms with van der Waals surface area (Å²) in [5, 5.41) is 3.39. The SMILES string of the molecule is Cc1[nH]c(CNC2CC2)nc1-c1ccccc1F. The van der Waals surface area contributed by atoms with Crippen molar-refractivity contribution in [2.75, 3.05) is 0 Å². The topological polar surface area (TPSA) is 40.7 Å². The van der Waals surface area contributed by atoms with Gasteiger partial charge in [0.25, 0.3) is 0 Å². The van der Waals surface area contributed by atoms with Crippen molar-refractivity contribution in [3.8, 4) is 11.3 Å². The number of halogens is 1. The summed E-state index contributed by atoms with van der Waals surface area (Å²) in [5.41, 5.74) is 2.18. The average molecular weight is 245 g/mol. The Bertz CT molecular complexity index is 558. The number of aromatic nitrogens is 2. The van der Waals surface area contributed by atoms with Gasteiger partial charge in [0.2, 0.25) is 0 Å². The van der Waals surface area contributed by atoms with Gasteiger partial charge in [0, 0.05) is 17.3 Å². The lowest BCUT2D eigenvalue weighted by Crippen LogP contribution is -2.16. The second-order valence-corrected chi connectivity index (χ2v) is 4.79. The molecule has 2 aromatic rings. The molecule has 1 aliphatic carbocycles. The van der Waals surface area contributed by atoms with Gasteiger partial charge in [-0.15, -0.1) is 0 Å². The average Bonchev–Trinajstić information content (AvgIpc) is 3.11. The van der Waals surface area contributed by atoms with Crippen molar-refractivity contribution in [1.82, 2.24) is 15.3 Å². The lowest BCUT2D eigenvalue weighted by molar-refractivity contribution is 0.630. The minimum atomic E-state index is -0.228. The van der Waals surface area contributed by atoms with E-state index in [0.29, 0.717) is 17.3 Å². The second-order valence-electron chi connectivity index (χ2n) is 4.79. The molecule has 0 bridgehead atoms. The van der Waals surface area contributed by atoms with Crippen LogP contribution in [0.15, 0.2) is 24.3 Å². The highest BCUT2D eigenvalue weighted by atomic mass is 19.1. The van der Waals surface area contributed by atoms with Gasteiger partial charge in [0.1, 0.15) is 11.6 Å². The molecular weight excluding hydrogens is 229 g/mol. The summed E-state index contributed by atoms with van der Waals surface area (Å²) in [5.74, 6) is 0.645. The molecule has 1 fully saturated rings. The fourth-order valence-electron chi connectivity index (χ4n) is 2.05. The fourth-order valence-corrected chi connectivity index (χ4v) is 2.05. The third-order valence-electron chi connectivity index (χ3n) is 3.20. The molecule has 0 unspecified atom stereocenters. The van der Waals surface area contributed by atoms with E-state index in [4.69, 9.17) is 0 Å². The maximum atomic E-state index is 13.7. The number of benzene rings is 1. The first kappa shape index (κ1) is 11.4. The van der Waals surface area contributed by atoms with E-state index in [1.165, 1.54) is 18.9 Å². The molecule has 1 aliphatic rings. The summed E-state index contributed by atoms with van der Waals surface area (Å²) in [7, 11) is 0. The number of aromatic amines is 1. The zero-order chi connectivity index (χ0) is 12.5. The Morgan fingerprint density at radius 1 is 1.39 bits per heavy atom. The van der Waals surface area contributed by atoms with Gasteiger partial charge in [-0.2, -0.15) is 0 Å². The molecule has 1 heterocycles. The van der Waals surface area contributed by atoms with E-state index in [1.54, 1.807) is 12.1 Å². The van der Waals surface area contributed by atoms with Crippen LogP contribution in [-0.2, 0) is 6.54 Å². The highest BCUT2D eigenvalue weighted by Gasteiger charge is 2.21. The fraction of sp³-hybridized carbons (Fsp3) is 0.357. The molecule has 0 amide bonds. The molecule has 18 heavy (non-hydrogen) atoms. The van der Waals surface area contributed by atoms with E-state index < -0.39 is 0 Å². The first-order valence-corrected chi connectivity index (χ1v) is 6.28. The van der Waals surface area contributed by atoms with Gasteiger partial charge in [0.15, 0.2) is 0 Å². The van der Waals surface area contributed by atoms with Crippen LogP contribution < -0.4 is 5.32 Å². The minimum Gasteiger partial charge on any atom is -0.344 e. The van der Waals surface area contributed by atoms with Crippen LogP contribution in [0.2, 0.25) is 0 Å². The molecular formula is C14H16FN3. The van der Waals surface area contributed by atoms with Gasteiger partial charge in [-0.3, -0.25) is 0 Å². The molecule has 0 saturated heterocycles. The van der Waals surface area contributed by atoms with E-state index in [-0.39, 0.29) is 5.82 Å². The molecule has 4 heteroatoms. The first-order chi connectivity index (χ1) is 8.74. The lowest BCUT2D eigenvalue weighted by Gasteiger charge is -1.99. The normalized spacial score (nSPS) is 15.0. The van der Waals surface area contributed by atoms with Crippen LogP contribution in [-0.4, -0.2) is 16.0 Å². The molecule has 1 saturated carbocycles. The Kier molecular flexibility index (Phi) is 2.88. The van der Waals surface area contributed by atoms with Gasteiger partial charge in [-0.1, -0.05) is 12.1 Å². The zero-order valence-corrected chi connectivity index (χ0v) is 10.3. The Balaban J connectivity index is 1.85. The summed E-state index contributed by atoms with van der Waals surface area (Å²) in [6, 6.07) is 7.39. The molecule has 3 nitrogen and oxygen atoms in total. The van der Waals surface area contributed by atoms with Crippen LogP contribution in [0.4, 0.5) is 4.39 Å². The molecule has 0 spiro atoms. The van der Waals surface area contributed by atoms with Crippen molar-refractivity contribution in [3.63, 3.8) is 0 Å². The van der Waals surface area contributed by atoms with Gasteiger partial charge < -0.3 is 10.3 Å². The third-order valence-corrected chi connectivity index (χ3v) is 3.20. The maximum absolute atomic E-state index is 13.7. The number of hydrogen-bond acceptors (Lipinski definition) is 2. The minimum absolute atomic E-state index is 0.228. The van der Waals surface area contributed by atoms with E-state index in [1.807, 2.05) is 13.0 Å². The van der Waals surface area contributed by atoms with Crippen LogP contribution in [0.25, 0.3) is 11.3 Å². The monoisotopic (exact) mass is 245 g/mol. The smallest absolute Gasteiger partial charge is 0.132 e. The van der Waals surface area contributed by atoms with Gasteiger partial charge in [-0.25, -0.2) is 9.37 Å². The van der Waals surface area contributed by atoms with Crippen LogP contribution >= 0.6 is 0 Å². The number of rotatable bonds is 4. The zero-order valence-electron chi connectivity index (χ0n) is 10.3. The maximum Gasteiger partial charge on any atom is 0.132 e. The van der Waals surface area contributed by atoms with Crippen molar-refractivity contribution in [1.29, 1.82) is 0 Å². The second kappa shape index (κ2) is 4.53. The summed E-state index contributed by atoms with van der Waals surface area (Å²) in [6.07, 6.45) is 2.50. The third kappa shape index (κ3) is 2.29. The molecule has 3 rings (SSSR count).